The van der Waals surface area contributed by atoms with Gasteiger partial charge in [-0.2, -0.15) is 9.49 Å². The third kappa shape index (κ3) is 36.1. The van der Waals surface area contributed by atoms with Crippen LogP contribution in [0.5, 0.6) is 0 Å². The topological polar surface area (TPSA) is 254 Å². The fourth-order valence-electron chi connectivity index (χ4n) is 2.97. The molecule has 2 aromatic carbocycles. The molecule has 0 fully saturated rings. The first-order valence-corrected chi connectivity index (χ1v) is 12.2. The Hall–Kier alpha value is -0.333. The first kappa shape index (κ1) is 70.1. The van der Waals surface area contributed by atoms with Gasteiger partial charge in [0.1, 0.15) is 0 Å². The summed E-state index contributed by atoms with van der Waals surface area (Å²) in [5.74, 6) is -2.81. The van der Waals surface area contributed by atoms with E-state index in [-0.39, 0.29) is 85.7 Å². The van der Waals surface area contributed by atoms with Crippen LogP contribution in [0.25, 0.3) is 11.5 Å². The minimum Gasteiger partial charge on any atom is -1.00 e. The van der Waals surface area contributed by atoms with Crippen molar-refractivity contribution in [2.24, 2.45) is 0 Å². The number of aliphatic carboxylic acids is 2. The summed E-state index contributed by atoms with van der Waals surface area (Å²) in [7, 11) is 0. The SMILES string of the molecule is CC(C)([S-])[C@H]([NH-])C(=O)[O-].CC(C)([S-])[C@H]([NH-])C(=O)[O-].Cc1cc(C)cc(C)c1.Cc1cc(C)cc(C)c1.O.O.O.O.[Cl-].[Cl-].[Ru+4].[Ru+4]. The summed E-state index contributed by atoms with van der Waals surface area (Å²) in [6, 6.07) is 10.5. The van der Waals surface area contributed by atoms with Gasteiger partial charge in [-0.25, -0.2) is 0 Å². The van der Waals surface area contributed by atoms with Crippen LogP contribution in [0, 0.1) is 41.5 Å². The zero-order chi connectivity index (χ0) is 29.0. The first-order chi connectivity index (χ1) is 16.1. The van der Waals surface area contributed by atoms with Crippen LogP contribution in [-0.2, 0) is 73.8 Å². The van der Waals surface area contributed by atoms with Crippen molar-refractivity contribution in [2.45, 2.75) is 90.8 Å². The Morgan fingerprint density at radius 2 is 0.659 bits per heavy atom. The Morgan fingerprint density at radius 3 is 0.705 bits per heavy atom. The third-order valence-corrected chi connectivity index (χ3v) is 5.07. The fraction of sp³-hybridized carbons (Fsp3) is 0.500. The van der Waals surface area contributed by atoms with Crippen molar-refractivity contribution >= 4 is 37.2 Å². The van der Waals surface area contributed by atoms with Crippen LogP contribution in [0.4, 0.5) is 0 Å². The predicted molar refractivity (Wildman–Crippen MR) is 165 cm³/mol. The molecule has 0 aromatic heterocycles. The van der Waals surface area contributed by atoms with Gasteiger partial charge in [0.15, 0.2) is 0 Å². The van der Waals surface area contributed by atoms with Crippen LogP contribution < -0.4 is 35.0 Å². The average Bonchev–Trinajstić information content (AvgIpc) is 2.64. The molecule has 0 bridgehead atoms. The molecule has 0 saturated heterocycles. The van der Waals surface area contributed by atoms with E-state index in [9.17, 15) is 19.8 Å². The number of aryl methyl sites for hydroxylation is 6. The summed E-state index contributed by atoms with van der Waals surface area (Å²) < 4.78 is -1.86. The molecule has 44 heavy (non-hydrogen) atoms. The third-order valence-electron chi connectivity index (χ3n) is 4.59. The van der Waals surface area contributed by atoms with Gasteiger partial charge in [0, 0.05) is 11.9 Å². The number of halogens is 2. The van der Waals surface area contributed by atoms with E-state index in [2.05, 4.69) is 103 Å². The predicted octanol–water partition coefficient (Wildman–Crippen LogP) is -5.11. The van der Waals surface area contributed by atoms with Crippen LogP contribution in [0.3, 0.4) is 0 Å². The second kappa shape index (κ2) is 32.6. The van der Waals surface area contributed by atoms with Gasteiger partial charge in [0.05, 0.1) is 0 Å². The van der Waals surface area contributed by atoms with Crippen molar-refractivity contribution in [2.75, 3.05) is 0 Å². The molecule has 0 heterocycles. The molecular weight excluding hydrogens is 829 g/mol. The molecule has 0 aliphatic carbocycles. The molecule has 0 aliphatic rings. The maximum Gasteiger partial charge on any atom is 4.00 e. The number of rotatable bonds is 4. The molecule has 2 rings (SSSR count). The van der Waals surface area contributed by atoms with Crippen LogP contribution in [0.15, 0.2) is 36.4 Å². The summed E-state index contributed by atoms with van der Waals surface area (Å²) in [5, 5.41) is 20.0. The van der Waals surface area contributed by atoms with E-state index in [1.165, 1.54) is 61.1 Å². The fourth-order valence-corrected chi connectivity index (χ4v) is 3.16. The van der Waals surface area contributed by atoms with Gasteiger partial charge < -0.3 is 103 Å². The van der Waals surface area contributed by atoms with Gasteiger partial charge in [-0.3, -0.25) is 0 Å². The van der Waals surface area contributed by atoms with Gasteiger partial charge in [0.2, 0.25) is 0 Å². The van der Waals surface area contributed by atoms with Crippen LogP contribution in [0.2, 0.25) is 0 Å². The molecule has 10 N–H and O–H groups in total. The Balaban J connectivity index is -0.0000000413. The number of nitrogens with one attached hydrogen (secondary N) is 2. The van der Waals surface area contributed by atoms with Gasteiger partial charge in [-0.1, -0.05) is 97.5 Å². The van der Waals surface area contributed by atoms with E-state index in [1.807, 2.05) is 0 Å². The zero-order valence-corrected chi connectivity index (χ0v) is 33.2. The first-order valence-electron chi connectivity index (χ1n) is 11.4. The van der Waals surface area contributed by atoms with Crippen LogP contribution in [-0.4, -0.2) is 55.4 Å². The second-order valence-corrected chi connectivity index (χ2v) is 12.1. The molecule has 16 heteroatoms. The molecule has 10 nitrogen and oxygen atoms in total. The molecule has 0 amide bonds. The Kier molecular flexibility index (Phi) is 52.0. The number of carbonyl (C=O) groups excluding carboxylic acids is 2. The molecule has 2 atom stereocenters. The van der Waals surface area contributed by atoms with E-state index in [1.54, 1.807) is 0 Å². The van der Waals surface area contributed by atoms with E-state index in [4.69, 9.17) is 11.5 Å². The molecule has 0 spiro atoms. The van der Waals surface area contributed by atoms with E-state index in [0.717, 1.165) is 0 Å². The number of hydrogen-bond acceptors (Lipinski definition) is 6. The van der Waals surface area contributed by atoms with Crippen LogP contribution in [0.1, 0.15) is 61.1 Å². The van der Waals surface area contributed by atoms with Crippen LogP contribution >= 0.6 is 0 Å². The van der Waals surface area contributed by atoms with Crippen molar-refractivity contribution in [3.63, 3.8) is 0 Å². The Morgan fingerprint density at radius 1 is 0.545 bits per heavy atom. The molecule has 2 aromatic rings. The van der Waals surface area contributed by atoms with Crippen molar-refractivity contribution < 1.29 is 105 Å². The minimum absolute atomic E-state index is 0. The quantitative estimate of drug-likeness (QED) is 0.214. The summed E-state index contributed by atoms with van der Waals surface area (Å²) in [6.45, 7) is 18.8. The summed E-state index contributed by atoms with van der Waals surface area (Å²) >= 11 is 9.35. The summed E-state index contributed by atoms with van der Waals surface area (Å²) in [6.07, 6.45) is 0. The average molecular weight is 878 g/mol. The van der Waals surface area contributed by atoms with Gasteiger partial charge in [-0.05, 0) is 41.5 Å². The molecular formula is C28H48Cl2N2O8Ru2S2. The maximum atomic E-state index is 9.98. The van der Waals surface area contributed by atoms with Gasteiger partial charge in [-0.15, -0.1) is 12.1 Å². The minimum atomic E-state index is -1.41. The maximum absolute atomic E-state index is 9.98. The van der Waals surface area contributed by atoms with E-state index >= 15 is 0 Å². The van der Waals surface area contributed by atoms with Gasteiger partial charge >= 0.3 is 39.0 Å². The van der Waals surface area contributed by atoms with E-state index < -0.39 is 33.5 Å². The van der Waals surface area contributed by atoms with Crippen molar-refractivity contribution in [1.82, 2.24) is 0 Å². The smallest absolute Gasteiger partial charge is 1.00 e. The van der Waals surface area contributed by atoms with Gasteiger partial charge in [0.25, 0.3) is 0 Å². The van der Waals surface area contributed by atoms with Crippen molar-refractivity contribution in [3.8, 4) is 0 Å². The summed E-state index contributed by atoms with van der Waals surface area (Å²) in [5.41, 5.74) is 21.9. The monoisotopic (exact) mass is 878 g/mol. The molecule has 0 unspecified atom stereocenters. The van der Waals surface area contributed by atoms with E-state index in [0.29, 0.717) is 0 Å². The second-order valence-electron chi connectivity index (χ2n) is 10.0. The summed E-state index contributed by atoms with van der Waals surface area (Å²) in [4.78, 5) is 20.0. The van der Waals surface area contributed by atoms with Crippen molar-refractivity contribution in [3.05, 3.63) is 81.2 Å². The number of hydrogen-bond donors (Lipinski definition) is 0. The number of carboxylic acids is 2. The molecule has 260 valence electrons. The number of carbonyl (C=O) groups is 2. The normalized spacial score (nSPS) is 10.1. The van der Waals surface area contributed by atoms with Crippen molar-refractivity contribution in [1.29, 1.82) is 0 Å². The standard InChI is InChI=1S/2C9H12.2C5H10NO2S.2ClH.4H2O.2Ru/c2*1-7-4-8(2)6-9(3)5-7;2*1-5(2,9)3(6)4(7)8;;;;;;;;/h2*4-6H,1-3H3;2*3,6,9H,1-2H3,(H,7,8);2*1H;4*1H2;;/q;;2*-1;;;;;;;2*+4/p-6/t;;2*3-;;;;;;;;/m..11......../s1. The molecule has 0 radical (unpaired) electrons. The zero-order valence-electron chi connectivity index (χ0n) is 26.5. The molecule has 0 aliphatic heterocycles. The Bertz CT molecular complexity index is 834. The molecule has 0 saturated carbocycles. The number of benzene rings is 2. The number of carboxylic acid groups (broad SMARTS) is 2. The Labute approximate surface area is 312 Å². The largest absolute Gasteiger partial charge is 4.00 e.